The summed E-state index contributed by atoms with van der Waals surface area (Å²) in [4.78, 5) is 12.1. The molecule has 2 aromatic carbocycles. The van der Waals surface area contributed by atoms with Crippen LogP contribution in [-0.2, 0) is 23.8 Å². The fourth-order valence-corrected chi connectivity index (χ4v) is 3.44. The average molecular weight is 450 g/mol. The fraction of sp³-hybridized carbons (Fsp3) is 0.435. The van der Waals surface area contributed by atoms with Crippen molar-refractivity contribution >= 4 is 21.7 Å². The standard InChI is InChI=1S/C23H31NO6S/c1-18-7-13-21(14-8-18)31(26,27)30-17-16-28-20-11-9-19(10-12-20)24-22(25)6-5-15-29-23(2,3)4/h7-14H,5-6,15-17H2,1-4H3,(H,24,25). The molecule has 0 atom stereocenters. The molecule has 0 saturated heterocycles. The first kappa shape index (κ1) is 24.8. The van der Waals surface area contributed by atoms with Gasteiger partial charge in [0.2, 0.25) is 5.91 Å². The Morgan fingerprint density at radius 1 is 0.935 bits per heavy atom. The third-order valence-corrected chi connectivity index (χ3v) is 5.45. The third-order valence-electron chi connectivity index (χ3n) is 4.12. The molecule has 1 amide bonds. The van der Waals surface area contributed by atoms with E-state index in [2.05, 4.69) is 5.32 Å². The van der Waals surface area contributed by atoms with Crippen molar-refractivity contribution in [2.24, 2.45) is 0 Å². The summed E-state index contributed by atoms with van der Waals surface area (Å²) in [6.45, 7) is 8.32. The van der Waals surface area contributed by atoms with Crippen molar-refractivity contribution in [3.8, 4) is 5.75 Å². The van der Waals surface area contributed by atoms with Gasteiger partial charge in [0, 0.05) is 18.7 Å². The van der Waals surface area contributed by atoms with Crippen LogP contribution in [0.1, 0.15) is 39.2 Å². The molecule has 2 rings (SSSR count). The molecule has 0 spiro atoms. The lowest BCUT2D eigenvalue weighted by molar-refractivity contribution is -0.116. The van der Waals surface area contributed by atoms with E-state index in [-0.39, 0.29) is 29.6 Å². The number of carbonyl (C=O) groups excluding carboxylic acids is 1. The monoisotopic (exact) mass is 449 g/mol. The summed E-state index contributed by atoms with van der Waals surface area (Å²) >= 11 is 0. The topological polar surface area (TPSA) is 90.9 Å². The quantitative estimate of drug-likeness (QED) is 0.406. The summed E-state index contributed by atoms with van der Waals surface area (Å²) < 4.78 is 40.3. The van der Waals surface area contributed by atoms with E-state index in [0.717, 1.165) is 5.56 Å². The molecule has 0 aliphatic carbocycles. The Morgan fingerprint density at radius 3 is 2.19 bits per heavy atom. The molecule has 0 heterocycles. The van der Waals surface area contributed by atoms with Crippen molar-refractivity contribution < 1.29 is 26.9 Å². The molecule has 7 nitrogen and oxygen atoms in total. The average Bonchev–Trinajstić information content (AvgIpc) is 2.69. The Hall–Kier alpha value is -2.42. The number of ether oxygens (including phenoxy) is 2. The lowest BCUT2D eigenvalue weighted by Gasteiger charge is -2.19. The lowest BCUT2D eigenvalue weighted by atomic mass is 10.2. The Labute approximate surface area is 184 Å². The van der Waals surface area contributed by atoms with Gasteiger partial charge in [-0.2, -0.15) is 8.42 Å². The Morgan fingerprint density at radius 2 is 1.58 bits per heavy atom. The Balaban J connectivity index is 1.70. The van der Waals surface area contributed by atoms with Crippen LogP contribution < -0.4 is 10.1 Å². The van der Waals surface area contributed by atoms with Crippen LogP contribution in [0.4, 0.5) is 5.69 Å². The SMILES string of the molecule is Cc1ccc(S(=O)(=O)OCCOc2ccc(NC(=O)CCCOC(C)(C)C)cc2)cc1. The van der Waals surface area contributed by atoms with Crippen LogP contribution in [0.3, 0.4) is 0 Å². The number of rotatable bonds is 11. The summed E-state index contributed by atoms with van der Waals surface area (Å²) in [5, 5.41) is 2.82. The van der Waals surface area contributed by atoms with E-state index >= 15 is 0 Å². The molecule has 0 unspecified atom stereocenters. The third kappa shape index (κ3) is 9.50. The molecule has 0 radical (unpaired) electrons. The van der Waals surface area contributed by atoms with Crippen molar-refractivity contribution in [3.63, 3.8) is 0 Å². The first-order chi connectivity index (χ1) is 14.5. The normalized spacial score (nSPS) is 11.9. The van der Waals surface area contributed by atoms with Gasteiger partial charge < -0.3 is 14.8 Å². The van der Waals surface area contributed by atoms with E-state index in [1.165, 1.54) is 12.1 Å². The molecule has 1 N–H and O–H groups in total. The number of anilines is 1. The summed E-state index contributed by atoms with van der Waals surface area (Å²) in [7, 11) is -3.81. The highest BCUT2D eigenvalue weighted by molar-refractivity contribution is 7.86. The van der Waals surface area contributed by atoms with Gasteiger partial charge in [0.05, 0.1) is 10.5 Å². The molecule has 170 valence electrons. The minimum Gasteiger partial charge on any atom is -0.491 e. The predicted octanol–water partition coefficient (Wildman–Crippen LogP) is 4.31. The zero-order valence-corrected chi connectivity index (χ0v) is 19.3. The van der Waals surface area contributed by atoms with E-state index in [0.29, 0.717) is 30.9 Å². The number of carbonyl (C=O) groups is 1. The molecule has 0 aromatic heterocycles. The minimum absolute atomic E-state index is 0.0740. The second-order valence-electron chi connectivity index (χ2n) is 8.07. The van der Waals surface area contributed by atoms with Crippen molar-refractivity contribution in [2.75, 3.05) is 25.1 Å². The van der Waals surface area contributed by atoms with Crippen LogP contribution in [0.2, 0.25) is 0 Å². The van der Waals surface area contributed by atoms with Gasteiger partial charge in [-0.05, 0) is 70.5 Å². The first-order valence-corrected chi connectivity index (χ1v) is 11.6. The largest absolute Gasteiger partial charge is 0.491 e. The van der Waals surface area contributed by atoms with Crippen LogP contribution in [0.5, 0.6) is 5.75 Å². The molecule has 31 heavy (non-hydrogen) atoms. The minimum atomic E-state index is -3.81. The summed E-state index contributed by atoms with van der Waals surface area (Å²) in [5.74, 6) is 0.466. The number of amides is 1. The van der Waals surface area contributed by atoms with Gasteiger partial charge >= 0.3 is 0 Å². The van der Waals surface area contributed by atoms with E-state index in [9.17, 15) is 13.2 Å². The zero-order chi connectivity index (χ0) is 22.9. The molecular formula is C23H31NO6S. The van der Waals surface area contributed by atoms with Gasteiger partial charge in [-0.1, -0.05) is 17.7 Å². The Kier molecular flexibility index (Phi) is 9.03. The first-order valence-electron chi connectivity index (χ1n) is 10.2. The van der Waals surface area contributed by atoms with Crippen molar-refractivity contribution in [2.45, 2.75) is 51.0 Å². The summed E-state index contributed by atoms with van der Waals surface area (Å²) in [5.41, 5.74) is 1.42. The van der Waals surface area contributed by atoms with Crippen LogP contribution in [-0.4, -0.2) is 39.7 Å². The molecule has 2 aromatic rings. The molecule has 0 bridgehead atoms. The predicted molar refractivity (Wildman–Crippen MR) is 120 cm³/mol. The second kappa shape index (κ2) is 11.3. The van der Waals surface area contributed by atoms with Crippen molar-refractivity contribution in [1.82, 2.24) is 0 Å². The highest BCUT2D eigenvalue weighted by Gasteiger charge is 2.14. The van der Waals surface area contributed by atoms with Crippen molar-refractivity contribution in [1.29, 1.82) is 0 Å². The zero-order valence-electron chi connectivity index (χ0n) is 18.5. The van der Waals surface area contributed by atoms with Crippen LogP contribution in [0.25, 0.3) is 0 Å². The highest BCUT2D eigenvalue weighted by Crippen LogP contribution is 2.17. The van der Waals surface area contributed by atoms with Gasteiger partial charge in [-0.25, -0.2) is 0 Å². The summed E-state index contributed by atoms with van der Waals surface area (Å²) in [6.07, 6.45) is 1.02. The number of hydrogen-bond acceptors (Lipinski definition) is 6. The molecule has 0 fully saturated rings. The van der Waals surface area contributed by atoms with Crippen LogP contribution >= 0.6 is 0 Å². The lowest BCUT2D eigenvalue weighted by Crippen LogP contribution is -2.20. The summed E-state index contributed by atoms with van der Waals surface area (Å²) in [6, 6.07) is 13.3. The number of hydrogen-bond donors (Lipinski definition) is 1. The van der Waals surface area contributed by atoms with E-state index in [1.807, 2.05) is 27.7 Å². The van der Waals surface area contributed by atoms with E-state index in [4.69, 9.17) is 13.7 Å². The van der Waals surface area contributed by atoms with Gasteiger partial charge in [-0.3, -0.25) is 8.98 Å². The Bertz CT molecular complexity index is 932. The van der Waals surface area contributed by atoms with E-state index in [1.54, 1.807) is 36.4 Å². The van der Waals surface area contributed by atoms with E-state index < -0.39 is 10.1 Å². The maximum absolute atomic E-state index is 12.1. The second-order valence-corrected chi connectivity index (χ2v) is 9.69. The maximum atomic E-state index is 12.1. The van der Waals surface area contributed by atoms with Gasteiger partial charge in [-0.15, -0.1) is 0 Å². The molecular weight excluding hydrogens is 418 g/mol. The molecule has 0 saturated carbocycles. The van der Waals surface area contributed by atoms with Crippen LogP contribution in [0, 0.1) is 6.92 Å². The van der Waals surface area contributed by atoms with Crippen LogP contribution in [0.15, 0.2) is 53.4 Å². The molecule has 8 heteroatoms. The number of aryl methyl sites for hydroxylation is 1. The maximum Gasteiger partial charge on any atom is 0.297 e. The van der Waals surface area contributed by atoms with Gasteiger partial charge in [0.15, 0.2) is 0 Å². The van der Waals surface area contributed by atoms with Gasteiger partial charge in [0.25, 0.3) is 10.1 Å². The van der Waals surface area contributed by atoms with Crippen molar-refractivity contribution in [3.05, 3.63) is 54.1 Å². The smallest absolute Gasteiger partial charge is 0.297 e. The van der Waals surface area contributed by atoms with Gasteiger partial charge in [0.1, 0.15) is 19.0 Å². The number of nitrogens with one attached hydrogen (secondary N) is 1. The molecule has 0 aliphatic rings. The fourth-order valence-electron chi connectivity index (χ4n) is 2.55. The molecule has 0 aliphatic heterocycles. The number of benzene rings is 2. The highest BCUT2D eigenvalue weighted by atomic mass is 32.2.